The fourth-order valence-corrected chi connectivity index (χ4v) is 2.71. The number of pyridine rings is 2. The van der Waals surface area contributed by atoms with Gasteiger partial charge in [0.05, 0.1) is 0 Å². The maximum atomic E-state index is 12.2. The number of aromatic nitrogens is 2. The normalized spacial score (nSPS) is 19.2. The molecule has 0 bridgehead atoms. The first kappa shape index (κ1) is 16.1. The first-order valence-corrected chi connectivity index (χ1v) is 7.98. The van der Waals surface area contributed by atoms with Gasteiger partial charge < -0.3 is 10.6 Å². The van der Waals surface area contributed by atoms with E-state index >= 15 is 0 Å². The molecule has 0 spiro atoms. The lowest BCUT2D eigenvalue weighted by atomic mass is 9.74. The van der Waals surface area contributed by atoms with Gasteiger partial charge in [0, 0.05) is 24.2 Å². The van der Waals surface area contributed by atoms with Crippen LogP contribution in [0.5, 0.6) is 0 Å². The third-order valence-corrected chi connectivity index (χ3v) is 4.21. The molecule has 0 radical (unpaired) electrons. The van der Waals surface area contributed by atoms with Crippen molar-refractivity contribution in [2.24, 2.45) is 11.8 Å². The minimum absolute atomic E-state index is 0.0779. The van der Waals surface area contributed by atoms with Gasteiger partial charge in [-0.15, -0.1) is 0 Å². The number of rotatable bonds is 4. The summed E-state index contributed by atoms with van der Waals surface area (Å²) in [7, 11) is 0. The summed E-state index contributed by atoms with van der Waals surface area (Å²) in [5.74, 6) is 0.660. The van der Waals surface area contributed by atoms with Crippen LogP contribution in [-0.2, 0) is 9.59 Å². The van der Waals surface area contributed by atoms with Crippen molar-refractivity contribution in [3.05, 3.63) is 47.8 Å². The van der Waals surface area contributed by atoms with E-state index in [1.165, 1.54) is 0 Å². The van der Waals surface area contributed by atoms with Crippen molar-refractivity contribution >= 4 is 23.5 Å². The molecule has 2 aromatic rings. The summed E-state index contributed by atoms with van der Waals surface area (Å²) in [5, 5.41) is 5.61. The Bertz CT molecular complexity index is 706. The molecule has 0 unspecified atom stereocenters. The highest BCUT2D eigenvalue weighted by atomic mass is 16.2. The summed E-state index contributed by atoms with van der Waals surface area (Å²) in [6.07, 6.45) is 4.43. The average molecular weight is 324 g/mol. The number of carbonyl (C=O) groups excluding carboxylic acids is 2. The largest absolute Gasteiger partial charge is 0.310 e. The quantitative estimate of drug-likeness (QED) is 0.905. The average Bonchev–Trinajstić information content (AvgIpc) is 2.45. The van der Waals surface area contributed by atoms with Gasteiger partial charge in [0.15, 0.2) is 0 Å². The van der Waals surface area contributed by atoms with E-state index in [1.54, 1.807) is 12.4 Å². The van der Waals surface area contributed by atoms with Gasteiger partial charge in [-0.2, -0.15) is 0 Å². The Labute approximate surface area is 140 Å². The van der Waals surface area contributed by atoms with Crippen molar-refractivity contribution in [3.8, 4) is 0 Å². The molecule has 124 valence electrons. The van der Waals surface area contributed by atoms with Gasteiger partial charge in [0.2, 0.25) is 11.8 Å². The van der Waals surface area contributed by atoms with E-state index in [0.717, 1.165) is 11.1 Å². The van der Waals surface area contributed by atoms with Crippen molar-refractivity contribution in [3.63, 3.8) is 0 Å². The maximum Gasteiger partial charge on any atom is 0.228 e. The molecule has 24 heavy (non-hydrogen) atoms. The van der Waals surface area contributed by atoms with Crippen molar-refractivity contribution in [1.82, 2.24) is 9.97 Å². The number of hydrogen-bond donors (Lipinski definition) is 2. The zero-order chi connectivity index (χ0) is 17.1. The third-order valence-electron chi connectivity index (χ3n) is 4.21. The molecular weight excluding hydrogens is 304 g/mol. The summed E-state index contributed by atoms with van der Waals surface area (Å²) >= 11 is 0. The summed E-state index contributed by atoms with van der Waals surface area (Å²) in [5.41, 5.74) is 2.08. The van der Waals surface area contributed by atoms with Gasteiger partial charge in [-0.05, 0) is 62.1 Å². The van der Waals surface area contributed by atoms with Crippen molar-refractivity contribution < 1.29 is 9.59 Å². The summed E-state index contributed by atoms with van der Waals surface area (Å²) in [4.78, 5) is 32.6. The molecule has 1 aliphatic carbocycles. The van der Waals surface area contributed by atoms with Crippen LogP contribution in [0.25, 0.3) is 0 Å². The topological polar surface area (TPSA) is 84.0 Å². The predicted molar refractivity (Wildman–Crippen MR) is 91.4 cm³/mol. The van der Waals surface area contributed by atoms with E-state index < -0.39 is 0 Å². The number of carbonyl (C=O) groups is 2. The van der Waals surface area contributed by atoms with Crippen molar-refractivity contribution in [2.45, 2.75) is 26.7 Å². The van der Waals surface area contributed by atoms with Gasteiger partial charge >= 0.3 is 0 Å². The smallest absolute Gasteiger partial charge is 0.228 e. The molecule has 1 saturated carbocycles. The second kappa shape index (κ2) is 6.78. The molecule has 0 atom stereocenters. The third kappa shape index (κ3) is 3.76. The number of aryl methyl sites for hydroxylation is 2. The second-order valence-corrected chi connectivity index (χ2v) is 6.28. The van der Waals surface area contributed by atoms with Gasteiger partial charge in [-0.3, -0.25) is 9.59 Å². The monoisotopic (exact) mass is 324 g/mol. The fourth-order valence-electron chi connectivity index (χ4n) is 2.71. The molecule has 2 heterocycles. The first-order chi connectivity index (χ1) is 11.5. The SMILES string of the molecule is Cc1ccnc(NC(=O)C2CC(C(=O)Nc3cc(C)ccn3)C2)c1. The summed E-state index contributed by atoms with van der Waals surface area (Å²) in [6, 6.07) is 7.39. The first-order valence-electron chi connectivity index (χ1n) is 7.98. The lowest BCUT2D eigenvalue weighted by molar-refractivity contribution is -0.129. The lowest BCUT2D eigenvalue weighted by Gasteiger charge is -2.32. The molecule has 0 saturated heterocycles. The summed E-state index contributed by atoms with van der Waals surface area (Å²) < 4.78 is 0. The molecule has 1 aliphatic rings. The molecule has 1 fully saturated rings. The molecule has 3 rings (SSSR count). The Kier molecular flexibility index (Phi) is 4.55. The molecule has 6 heteroatoms. The summed E-state index contributed by atoms with van der Waals surface area (Å²) in [6.45, 7) is 3.89. The van der Waals surface area contributed by atoms with E-state index in [0.29, 0.717) is 24.5 Å². The number of hydrogen-bond acceptors (Lipinski definition) is 4. The van der Waals surface area contributed by atoms with E-state index in [1.807, 2.05) is 38.1 Å². The van der Waals surface area contributed by atoms with Gasteiger partial charge in [-0.1, -0.05) is 0 Å². The molecule has 2 aromatic heterocycles. The van der Waals surface area contributed by atoms with Crippen LogP contribution in [-0.4, -0.2) is 21.8 Å². The van der Waals surface area contributed by atoms with Gasteiger partial charge in [-0.25, -0.2) is 9.97 Å². The molecule has 0 aromatic carbocycles. The highest BCUT2D eigenvalue weighted by molar-refractivity contribution is 5.97. The minimum atomic E-state index is -0.145. The van der Waals surface area contributed by atoms with E-state index in [2.05, 4.69) is 20.6 Å². The molecule has 0 aliphatic heterocycles. The standard InChI is InChI=1S/C18H20N4O2/c1-11-3-5-19-15(7-11)21-17(23)13-9-14(10-13)18(24)22-16-8-12(2)4-6-20-16/h3-8,13-14H,9-10H2,1-2H3,(H,19,21,23)(H,20,22,24). The van der Waals surface area contributed by atoms with Crippen LogP contribution in [0.1, 0.15) is 24.0 Å². The van der Waals surface area contributed by atoms with Crippen molar-refractivity contribution in [2.75, 3.05) is 10.6 Å². The highest BCUT2D eigenvalue weighted by Crippen LogP contribution is 2.35. The van der Waals surface area contributed by atoms with E-state index in [-0.39, 0.29) is 23.7 Å². The second-order valence-electron chi connectivity index (χ2n) is 6.28. The Balaban J connectivity index is 1.49. The number of anilines is 2. The zero-order valence-electron chi connectivity index (χ0n) is 13.7. The predicted octanol–water partition coefficient (Wildman–Crippen LogP) is 2.70. The Morgan fingerprint density at radius 3 is 1.67 bits per heavy atom. The number of nitrogens with zero attached hydrogens (tertiary/aromatic N) is 2. The van der Waals surface area contributed by atoms with Crippen LogP contribution in [0.4, 0.5) is 11.6 Å². The Hall–Kier alpha value is -2.76. The lowest BCUT2D eigenvalue weighted by Crippen LogP contribution is -2.40. The minimum Gasteiger partial charge on any atom is -0.310 e. The van der Waals surface area contributed by atoms with Crippen LogP contribution >= 0.6 is 0 Å². The molecule has 6 nitrogen and oxygen atoms in total. The van der Waals surface area contributed by atoms with Crippen LogP contribution in [0.3, 0.4) is 0 Å². The fraction of sp³-hybridized carbons (Fsp3) is 0.333. The van der Waals surface area contributed by atoms with Gasteiger partial charge in [0.25, 0.3) is 0 Å². The number of nitrogens with one attached hydrogen (secondary N) is 2. The Morgan fingerprint density at radius 1 is 0.875 bits per heavy atom. The highest BCUT2D eigenvalue weighted by Gasteiger charge is 2.39. The maximum absolute atomic E-state index is 12.2. The molecular formula is C18H20N4O2. The van der Waals surface area contributed by atoms with Crippen LogP contribution in [0, 0.1) is 25.7 Å². The number of amides is 2. The van der Waals surface area contributed by atoms with Crippen LogP contribution in [0.15, 0.2) is 36.7 Å². The molecule has 2 amide bonds. The van der Waals surface area contributed by atoms with Gasteiger partial charge in [0.1, 0.15) is 11.6 Å². The van der Waals surface area contributed by atoms with Crippen LogP contribution in [0.2, 0.25) is 0 Å². The van der Waals surface area contributed by atoms with Crippen LogP contribution < -0.4 is 10.6 Å². The van der Waals surface area contributed by atoms with E-state index in [9.17, 15) is 9.59 Å². The Morgan fingerprint density at radius 2 is 1.29 bits per heavy atom. The van der Waals surface area contributed by atoms with Crippen molar-refractivity contribution in [1.29, 1.82) is 0 Å². The zero-order valence-corrected chi connectivity index (χ0v) is 13.7. The van der Waals surface area contributed by atoms with E-state index in [4.69, 9.17) is 0 Å². The molecule has 2 N–H and O–H groups in total.